The van der Waals surface area contributed by atoms with Gasteiger partial charge in [-0.3, -0.25) is 0 Å². The number of aliphatic hydroxyl groups is 1. The van der Waals surface area contributed by atoms with E-state index in [0.717, 1.165) is 32.5 Å². The number of carbonyl (C=O) groups is 1. The molecule has 2 fully saturated rings. The van der Waals surface area contributed by atoms with Crippen LogP contribution in [0.2, 0.25) is 0 Å². The highest BCUT2D eigenvalue weighted by atomic mass is 32.2. The number of benzene rings is 1. The summed E-state index contributed by atoms with van der Waals surface area (Å²) in [6.45, 7) is 3.35. The number of ether oxygens (including phenoxy) is 2. The van der Waals surface area contributed by atoms with E-state index in [-0.39, 0.29) is 12.1 Å². The van der Waals surface area contributed by atoms with Crippen LogP contribution >= 0.6 is 11.8 Å². The predicted octanol–water partition coefficient (Wildman–Crippen LogP) is 2.68. The molecule has 1 heterocycles. The minimum Gasteiger partial charge on any atom is -0.488 e. The lowest BCUT2D eigenvalue weighted by Gasteiger charge is -2.35. The van der Waals surface area contributed by atoms with Crippen molar-refractivity contribution < 1.29 is 19.4 Å². The number of nitrogens with zero attached hydrogens (tertiary/aromatic N) is 1. The van der Waals surface area contributed by atoms with Crippen molar-refractivity contribution in [3.8, 4) is 5.75 Å². The zero-order valence-corrected chi connectivity index (χ0v) is 16.4. The molecule has 0 amide bonds. The summed E-state index contributed by atoms with van der Waals surface area (Å²) in [5.74, 6) is 2.60. The number of hydrogen-bond donors (Lipinski definition) is 1. The number of methoxy groups -OCH3 is 1. The third kappa shape index (κ3) is 4.72. The van der Waals surface area contributed by atoms with Gasteiger partial charge in [-0.25, -0.2) is 4.79 Å². The minimum absolute atomic E-state index is 0.213. The molecule has 2 aliphatic rings. The van der Waals surface area contributed by atoms with E-state index < -0.39 is 6.10 Å². The van der Waals surface area contributed by atoms with Crippen LogP contribution in [0.25, 0.3) is 0 Å². The normalized spacial score (nSPS) is 28.6. The Kier molecular flexibility index (Phi) is 6.84. The van der Waals surface area contributed by atoms with Gasteiger partial charge in [-0.05, 0) is 67.9 Å². The molecule has 1 aromatic rings. The maximum atomic E-state index is 11.7. The van der Waals surface area contributed by atoms with Crippen molar-refractivity contribution in [1.82, 2.24) is 4.90 Å². The molecule has 1 saturated carbocycles. The molecule has 5 nitrogen and oxygen atoms in total. The van der Waals surface area contributed by atoms with Gasteiger partial charge in [0, 0.05) is 13.1 Å². The first-order valence-electron chi connectivity index (χ1n) is 9.35. The number of thioether (sulfide) groups is 1. The lowest BCUT2D eigenvalue weighted by atomic mass is 9.78. The lowest BCUT2D eigenvalue weighted by Crippen LogP contribution is -2.42. The van der Waals surface area contributed by atoms with Crippen LogP contribution in [0.1, 0.15) is 29.6 Å². The first-order chi connectivity index (χ1) is 12.6. The number of aliphatic hydroxyl groups excluding tert-OH is 1. The number of carbonyl (C=O) groups excluding carboxylic acids is 1. The van der Waals surface area contributed by atoms with E-state index in [1.54, 1.807) is 18.2 Å². The zero-order valence-electron chi connectivity index (χ0n) is 15.6. The highest BCUT2D eigenvalue weighted by Crippen LogP contribution is 2.38. The fourth-order valence-electron chi connectivity index (χ4n) is 4.22. The fraction of sp³-hybridized carbons (Fsp3) is 0.650. The Morgan fingerprint density at radius 1 is 1.31 bits per heavy atom. The van der Waals surface area contributed by atoms with Crippen LogP contribution < -0.4 is 4.74 Å². The van der Waals surface area contributed by atoms with Gasteiger partial charge in [-0.1, -0.05) is 6.07 Å². The number of esters is 1. The summed E-state index contributed by atoms with van der Waals surface area (Å²) in [4.78, 5) is 14.2. The van der Waals surface area contributed by atoms with Gasteiger partial charge < -0.3 is 19.5 Å². The van der Waals surface area contributed by atoms with Gasteiger partial charge in [-0.15, -0.1) is 0 Å². The van der Waals surface area contributed by atoms with Crippen LogP contribution in [0.15, 0.2) is 24.3 Å². The molecular formula is C20H29NO4S. The Hall–Kier alpha value is -1.24. The van der Waals surface area contributed by atoms with E-state index in [9.17, 15) is 9.90 Å². The molecule has 1 aliphatic heterocycles. The molecule has 6 heteroatoms. The molecule has 0 aromatic heterocycles. The van der Waals surface area contributed by atoms with Crippen molar-refractivity contribution in [2.24, 2.45) is 11.8 Å². The lowest BCUT2D eigenvalue weighted by molar-refractivity contribution is -0.0231. The fourth-order valence-corrected chi connectivity index (χ4v) is 4.64. The van der Waals surface area contributed by atoms with Crippen molar-refractivity contribution in [2.45, 2.75) is 31.5 Å². The Morgan fingerprint density at radius 2 is 2.08 bits per heavy atom. The van der Waals surface area contributed by atoms with E-state index in [1.807, 2.05) is 17.8 Å². The van der Waals surface area contributed by atoms with Crippen LogP contribution in [0.5, 0.6) is 5.75 Å². The predicted molar refractivity (Wildman–Crippen MR) is 104 cm³/mol. The largest absolute Gasteiger partial charge is 0.488 e. The number of fused-ring (bicyclic) bond motifs is 1. The van der Waals surface area contributed by atoms with Crippen molar-refractivity contribution >= 4 is 17.7 Å². The van der Waals surface area contributed by atoms with Crippen molar-refractivity contribution in [2.75, 3.05) is 38.8 Å². The number of rotatable bonds is 7. The molecule has 1 N–H and O–H groups in total. The zero-order chi connectivity index (χ0) is 18.5. The van der Waals surface area contributed by atoms with E-state index in [0.29, 0.717) is 23.1 Å². The van der Waals surface area contributed by atoms with E-state index in [4.69, 9.17) is 9.47 Å². The monoisotopic (exact) mass is 379 g/mol. The topological polar surface area (TPSA) is 59.0 Å². The minimum atomic E-state index is -0.454. The molecule has 4 atom stereocenters. The standard InChI is InChI=1S/C20H29NO4S/c1-24-20(23)14-5-3-6-17(9-14)25-19-11-16-13-21(7-4-8-26-2)12-15(16)10-18(19)22/h3,5-6,9,15-16,18-19,22H,4,7-8,10-13H2,1-2H3/t15-,16+,18+,19+/m0/s1. The summed E-state index contributed by atoms with van der Waals surface area (Å²) in [5.41, 5.74) is 0.467. The summed E-state index contributed by atoms with van der Waals surface area (Å²) in [6, 6.07) is 7.00. The maximum absolute atomic E-state index is 11.7. The maximum Gasteiger partial charge on any atom is 0.337 e. The third-order valence-electron chi connectivity index (χ3n) is 5.53. The van der Waals surface area contributed by atoms with E-state index in [2.05, 4.69) is 11.2 Å². The SMILES string of the molecule is COC(=O)c1cccc(O[C@@H]2C[C@@H]3CN(CCCSC)C[C@@H]3C[C@H]2O)c1. The summed E-state index contributed by atoms with van der Waals surface area (Å²) in [5, 5.41) is 10.6. The molecule has 1 saturated heterocycles. The molecule has 26 heavy (non-hydrogen) atoms. The van der Waals surface area contributed by atoms with Gasteiger partial charge in [0.15, 0.2) is 0 Å². The molecular weight excluding hydrogens is 350 g/mol. The second-order valence-electron chi connectivity index (χ2n) is 7.34. The van der Waals surface area contributed by atoms with Gasteiger partial charge in [0.05, 0.1) is 18.8 Å². The van der Waals surface area contributed by atoms with Gasteiger partial charge >= 0.3 is 5.97 Å². The Balaban J connectivity index is 1.58. The molecule has 1 aliphatic carbocycles. The highest BCUT2D eigenvalue weighted by Gasteiger charge is 2.42. The van der Waals surface area contributed by atoms with E-state index >= 15 is 0 Å². The molecule has 0 spiro atoms. The molecule has 3 rings (SSSR count). The number of hydrogen-bond acceptors (Lipinski definition) is 6. The molecule has 144 valence electrons. The smallest absolute Gasteiger partial charge is 0.337 e. The van der Waals surface area contributed by atoms with Gasteiger partial charge in [0.2, 0.25) is 0 Å². The van der Waals surface area contributed by atoms with Crippen LogP contribution in [0.4, 0.5) is 0 Å². The first-order valence-corrected chi connectivity index (χ1v) is 10.7. The summed E-state index contributed by atoms with van der Waals surface area (Å²) < 4.78 is 10.8. The highest BCUT2D eigenvalue weighted by molar-refractivity contribution is 7.98. The van der Waals surface area contributed by atoms with E-state index in [1.165, 1.54) is 19.3 Å². The second-order valence-corrected chi connectivity index (χ2v) is 8.33. The molecule has 1 aromatic carbocycles. The molecule has 0 bridgehead atoms. The second kappa shape index (κ2) is 9.11. The average molecular weight is 380 g/mol. The average Bonchev–Trinajstić information content (AvgIpc) is 3.03. The summed E-state index contributed by atoms with van der Waals surface area (Å²) in [7, 11) is 1.37. The third-order valence-corrected chi connectivity index (χ3v) is 6.22. The Labute approximate surface area is 160 Å². The van der Waals surface area contributed by atoms with Crippen molar-refractivity contribution in [3.63, 3.8) is 0 Å². The van der Waals surface area contributed by atoms with Crippen LogP contribution in [-0.2, 0) is 4.74 Å². The molecule has 0 radical (unpaired) electrons. The van der Waals surface area contributed by atoms with Crippen LogP contribution in [0, 0.1) is 11.8 Å². The van der Waals surface area contributed by atoms with Gasteiger partial charge in [-0.2, -0.15) is 11.8 Å². The summed E-state index contributed by atoms with van der Waals surface area (Å²) >= 11 is 1.90. The quantitative estimate of drug-likeness (QED) is 0.581. The number of likely N-dealkylation sites (tertiary alicyclic amines) is 1. The van der Waals surface area contributed by atoms with Crippen molar-refractivity contribution in [3.05, 3.63) is 29.8 Å². The van der Waals surface area contributed by atoms with Gasteiger partial charge in [0.25, 0.3) is 0 Å². The first kappa shape index (κ1) is 19.5. The Morgan fingerprint density at radius 3 is 2.81 bits per heavy atom. The van der Waals surface area contributed by atoms with Crippen molar-refractivity contribution in [1.29, 1.82) is 0 Å². The van der Waals surface area contributed by atoms with Gasteiger partial charge in [0.1, 0.15) is 11.9 Å². The summed E-state index contributed by atoms with van der Waals surface area (Å²) in [6.07, 6.45) is 4.37. The van der Waals surface area contributed by atoms with Crippen LogP contribution in [-0.4, -0.2) is 66.9 Å². The molecule has 0 unspecified atom stereocenters. The Bertz CT molecular complexity index is 611. The van der Waals surface area contributed by atoms with Crippen LogP contribution in [0.3, 0.4) is 0 Å².